The number of nitrogens with one attached hydrogen (secondary N) is 1. The predicted octanol–water partition coefficient (Wildman–Crippen LogP) is 4.39. The molecule has 2 aromatic carbocycles. The van der Waals surface area contributed by atoms with Gasteiger partial charge >= 0.3 is 0 Å². The molecule has 0 aliphatic rings. The molecule has 0 amide bonds. The van der Waals surface area contributed by atoms with E-state index in [4.69, 9.17) is 4.74 Å². The first-order chi connectivity index (χ1) is 9.92. The van der Waals surface area contributed by atoms with E-state index in [1.54, 1.807) is 0 Å². The lowest BCUT2D eigenvalue weighted by atomic mass is 10.1. The van der Waals surface area contributed by atoms with E-state index >= 15 is 0 Å². The van der Waals surface area contributed by atoms with Gasteiger partial charge in [-0.15, -0.1) is 0 Å². The average molecular weight is 271 g/mol. The molecule has 0 spiro atoms. The molecule has 0 aliphatic carbocycles. The summed E-state index contributed by atoms with van der Waals surface area (Å²) < 4.78 is 5.93. The van der Waals surface area contributed by atoms with Crippen LogP contribution in [0.5, 0.6) is 5.75 Å². The molecule has 0 aromatic heterocycles. The van der Waals surface area contributed by atoms with Crippen molar-refractivity contribution in [1.82, 2.24) is 5.32 Å². The van der Waals surface area contributed by atoms with Crippen LogP contribution in [0.1, 0.15) is 32.6 Å². The zero-order chi connectivity index (χ0) is 14.0. The Morgan fingerprint density at radius 2 is 1.70 bits per heavy atom. The monoisotopic (exact) mass is 271 g/mol. The number of benzene rings is 2. The van der Waals surface area contributed by atoms with Crippen LogP contribution in [0.4, 0.5) is 0 Å². The Bertz CT molecular complexity index is 504. The number of rotatable bonds is 9. The van der Waals surface area contributed by atoms with Crippen molar-refractivity contribution in [2.75, 3.05) is 19.7 Å². The Morgan fingerprint density at radius 3 is 2.60 bits per heavy atom. The van der Waals surface area contributed by atoms with E-state index in [1.165, 1.54) is 30.0 Å². The summed E-state index contributed by atoms with van der Waals surface area (Å²) >= 11 is 0. The van der Waals surface area contributed by atoms with Crippen LogP contribution in [0.3, 0.4) is 0 Å². The zero-order valence-corrected chi connectivity index (χ0v) is 12.4. The summed E-state index contributed by atoms with van der Waals surface area (Å²) in [4.78, 5) is 0. The second-order valence-corrected chi connectivity index (χ2v) is 5.09. The number of fused-ring (bicyclic) bond motifs is 1. The average Bonchev–Trinajstić information content (AvgIpc) is 2.50. The lowest BCUT2D eigenvalue weighted by Gasteiger charge is -2.09. The minimum atomic E-state index is 0.815. The van der Waals surface area contributed by atoms with Crippen LogP contribution < -0.4 is 10.1 Å². The number of ether oxygens (including phenoxy) is 1. The van der Waals surface area contributed by atoms with Gasteiger partial charge in [0, 0.05) is 5.39 Å². The van der Waals surface area contributed by atoms with Crippen molar-refractivity contribution in [1.29, 1.82) is 0 Å². The van der Waals surface area contributed by atoms with E-state index in [9.17, 15) is 0 Å². The molecule has 0 aliphatic heterocycles. The van der Waals surface area contributed by atoms with Gasteiger partial charge < -0.3 is 10.1 Å². The van der Waals surface area contributed by atoms with Gasteiger partial charge in [0.05, 0.1) is 6.61 Å². The molecule has 20 heavy (non-hydrogen) atoms. The fraction of sp³-hybridized carbons (Fsp3) is 0.444. The SMILES string of the molecule is CCNCCCCCCOc1cccc2ccccc12. The van der Waals surface area contributed by atoms with E-state index < -0.39 is 0 Å². The van der Waals surface area contributed by atoms with E-state index in [1.807, 2.05) is 0 Å². The fourth-order valence-electron chi connectivity index (χ4n) is 2.39. The van der Waals surface area contributed by atoms with Gasteiger partial charge in [-0.1, -0.05) is 56.2 Å². The van der Waals surface area contributed by atoms with Gasteiger partial charge in [-0.25, -0.2) is 0 Å². The molecular formula is C18H25NO. The molecule has 0 bridgehead atoms. The standard InChI is InChI=1S/C18H25NO/c1-2-19-14-7-3-4-8-15-20-18-13-9-11-16-10-5-6-12-17(16)18/h5-6,9-13,19H,2-4,7-8,14-15H2,1H3. The van der Waals surface area contributed by atoms with Gasteiger partial charge in [-0.3, -0.25) is 0 Å². The minimum absolute atomic E-state index is 0.815. The smallest absolute Gasteiger partial charge is 0.127 e. The maximum atomic E-state index is 5.93. The lowest BCUT2D eigenvalue weighted by Crippen LogP contribution is -2.13. The Labute approximate surface area is 122 Å². The number of hydrogen-bond acceptors (Lipinski definition) is 2. The highest BCUT2D eigenvalue weighted by Crippen LogP contribution is 2.25. The van der Waals surface area contributed by atoms with Crippen LogP contribution in [0.25, 0.3) is 10.8 Å². The Kier molecular flexibility index (Phi) is 6.39. The molecule has 0 fully saturated rings. The Morgan fingerprint density at radius 1 is 0.900 bits per heavy atom. The fourth-order valence-corrected chi connectivity index (χ4v) is 2.39. The molecule has 0 radical (unpaired) electrons. The molecule has 108 valence electrons. The molecule has 0 atom stereocenters. The summed E-state index contributed by atoms with van der Waals surface area (Å²) in [6.07, 6.45) is 4.93. The molecule has 0 saturated carbocycles. The van der Waals surface area contributed by atoms with Crippen LogP contribution in [0.2, 0.25) is 0 Å². The van der Waals surface area contributed by atoms with Crippen molar-refractivity contribution >= 4 is 10.8 Å². The molecule has 2 aromatic rings. The zero-order valence-electron chi connectivity index (χ0n) is 12.4. The Balaban J connectivity index is 1.71. The quantitative estimate of drug-likeness (QED) is 0.683. The van der Waals surface area contributed by atoms with E-state index in [0.717, 1.165) is 31.9 Å². The van der Waals surface area contributed by atoms with Crippen molar-refractivity contribution in [3.05, 3.63) is 42.5 Å². The predicted molar refractivity (Wildman–Crippen MR) is 86.5 cm³/mol. The third-order valence-corrected chi connectivity index (χ3v) is 3.51. The molecule has 0 saturated heterocycles. The molecule has 2 nitrogen and oxygen atoms in total. The minimum Gasteiger partial charge on any atom is -0.493 e. The maximum absolute atomic E-state index is 5.93. The van der Waals surface area contributed by atoms with Crippen LogP contribution in [-0.2, 0) is 0 Å². The highest BCUT2D eigenvalue weighted by molar-refractivity contribution is 5.88. The van der Waals surface area contributed by atoms with E-state index in [-0.39, 0.29) is 0 Å². The van der Waals surface area contributed by atoms with Gasteiger partial charge in [-0.2, -0.15) is 0 Å². The lowest BCUT2D eigenvalue weighted by molar-refractivity contribution is 0.308. The first-order valence-corrected chi connectivity index (χ1v) is 7.73. The molecule has 0 unspecified atom stereocenters. The van der Waals surface area contributed by atoms with Crippen molar-refractivity contribution in [2.45, 2.75) is 32.6 Å². The van der Waals surface area contributed by atoms with Crippen LogP contribution >= 0.6 is 0 Å². The van der Waals surface area contributed by atoms with E-state index in [0.29, 0.717) is 0 Å². The largest absolute Gasteiger partial charge is 0.493 e. The van der Waals surface area contributed by atoms with Crippen molar-refractivity contribution in [3.8, 4) is 5.75 Å². The van der Waals surface area contributed by atoms with Crippen molar-refractivity contribution in [3.63, 3.8) is 0 Å². The first kappa shape index (κ1) is 14.9. The van der Waals surface area contributed by atoms with Crippen LogP contribution in [0, 0.1) is 0 Å². The first-order valence-electron chi connectivity index (χ1n) is 7.73. The highest BCUT2D eigenvalue weighted by atomic mass is 16.5. The van der Waals surface area contributed by atoms with Gasteiger partial charge in [0.1, 0.15) is 5.75 Å². The molecule has 1 N–H and O–H groups in total. The third-order valence-electron chi connectivity index (χ3n) is 3.51. The number of hydrogen-bond donors (Lipinski definition) is 1. The normalized spacial score (nSPS) is 10.8. The second-order valence-electron chi connectivity index (χ2n) is 5.09. The van der Waals surface area contributed by atoms with Crippen molar-refractivity contribution in [2.24, 2.45) is 0 Å². The molecular weight excluding hydrogens is 246 g/mol. The number of unbranched alkanes of at least 4 members (excludes halogenated alkanes) is 3. The molecule has 2 heteroatoms. The van der Waals surface area contributed by atoms with Gasteiger partial charge in [0.25, 0.3) is 0 Å². The van der Waals surface area contributed by atoms with Crippen molar-refractivity contribution < 1.29 is 4.74 Å². The third kappa shape index (κ3) is 4.53. The second kappa shape index (κ2) is 8.60. The highest BCUT2D eigenvalue weighted by Gasteiger charge is 2.00. The van der Waals surface area contributed by atoms with Gasteiger partial charge in [-0.05, 0) is 37.4 Å². The van der Waals surface area contributed by atoms with Gasteiger partial charge in [0.2, 0.25) is 0 Å². The molecule has 0 heterocycles. The summed E-state index contributed by atoms with van der Waals surface area (Å²) in [6, 6.07) is 14.6. The maximum Gasteiger partial charge on any atom is 0.127 e. The van der Waals surface area contributed by atoms with Gasteiger partial charge in [0.15, 0.2) is 0 Å². The van der Waals surface area contributed by atoms with Crippen LogP contribution in [0.15, 0.2) is 42.5 Å². The summed E-state index contributed by atoms with van der Waals surface area (Å²) in [5, 5.41) is 5.81. The summed E-state index contributed by atoms with van der Waals surface area (Å²) in [5.41, 5.74) is 0. The summed E-state index contributed by atoms with van der Waals surface area (Å²) in [5.74, 6) is 1.01. The topological polar surface area (TPSA) is 21.3 Å². The van der Waals surface area contributed by atoms with E-state index in [2.05, 4.69) is 54.7 Å². The summed E-state index contributed by atoms with van der Waals surface area (Å²) in [6.45, 7) is 5.18. The Hall–Kier alpha value is -1.54. The molecule has 2 rings (SSSR count). The van der Waals surface area contributed by atoms with Crippen LogP contribution in [-0.4, -0.2) is 19.7 Å². The summed E-state index contributed by atoms with van der Waals surface area (Å²) in [7, 11) is 0.